The Morgan fingerprint density at radius 1 is 1.18 bits per heavy atom. The van der Waals surface area contributed by atoms with E-state index in [1.54, 1.807) is 4.90 Å². The molecule has 3 aliphatic rings. The van der Waals surface area contributed by atoms with Crippen molar-refractivity contribution in [2.75, 3.05) is 38.0 Å². The van der Waals surface area contributed by atoms with Crippen LogP contribution in [-0.4, -0.2) is 71.7 Å². The Balaban J connectivity index is 1.34. The van der Waals surface area contributed by atoms with Crippen LogP contribution in [0, 0.1) is 11.6 Å². The molecule has 148 valence electrons. The molecule has 1 fully saturated rings. The number of carbonyl (C=O) groups excluding carboxylic acids is 1. The summed E-state index contributed by atoms with van der Waals surface area (Å²) >= 11 is 0. The minimum atomic E-state index is -0.726. The number of nitrogens with zero attached hydrogens (tertiary/aromatic N) is 5. The summed E-state index contributed by atoms with van der Waals surface area (Å²) in [5, 5.41) is 2.55. The molecule has 2 amide bonds. The molecule has 1 aromatic carbocycles. The first-order valence-corrected chi connectivity index (χ1v) is 9.39. The predicted octanol–water partition coefficient (Wildman–Crippen LogP) is 2.49. The lowest BCUT2D eigenvalue weighted by Crippen LogP contribution is -2.49. The molecule has 7 nitrogen and oxygen atoms in total. The van der Waals surface area contributed by atoms with Crippen molar-refractivity contribution in [1.29, 1.82) is 0 Å². The zero-order valence-corrected chi connectivity index (χ0v) is 15.6. The number of hydrogen-bond acceptors (Lipinski definition) is 5. The standard InChI is InChI=1S/C19H22F2N6O/c1-2-15-11-27-12-22-17(10-18(27)23-15)25-3-5-26(6-4-25)19(28)24-16-8-13(20)7-14(21)9-16/h7-10,12,15H,2-6,11H2,1H3,(H,24,28)/t15-/m1/s1. The number of fused-ring (bicyclic) bond motifs is 1. The van der Waals surface area contributed by atoms with Crippen molar-refractivity contribution in [3.63, 3.8) is 0 Å². The van der Waals surface area contributed by atoms with Crippen LogP contribution in [0.3, 0.4) is 0 Å². The zero-order valence-electron chi connectivity index (χ0n) is 15.6. The fraction of sp³-hybridized carbons (Fsp3) is 0.421. The van der Waals surface area contributed by atoms with Gasteiger partial charge in [0.25, 0.3) is 0 Å². The van der Waals surface area contributed by atoms with Gasteiger partial charge in [-0.3, -0.25) is 4.99 Å². The van der Waals surface area contributed by atoms with Crippen molar-refractivity contribution < 1.29 is 13.6 Å². The van der Waals surface area contributed by atoms with Crippen molar-refractivity contribution in [3.05, 3.63) is 41.7 Å². The molecule has 4 rings (SSSR count). The highest BCUT2D eigenvalue weighted by Gasteiger charge is 2.28. The fourth-order valence-corrected chi connectivity index (χ4v) is 3.49. The molecule has 1 atom stereocenters. The number of amides is 2. The highest BCUT2D eigenvalue weighted by Crippen LogP contribution is 2.20. The quantitative estimate of drug-likeness (QED) is 0.865. The average molecular weight is 388 g/mol. The number of rotatable bonds is 3. The summed E-state index contributed by atoms with van der Waals surface area (Å²) in [5.74, 6) is 0.331. The van der Waals surface area contributed by atoms with Crippen LogP contribution in [0.2, 0.25) is 0 Å². The van der Waals surface area contributed by atoms with Gasteiger partial charge in [-0.05, 0) is 18.6 Å². The minimum Gasteiger partial charge on any atom is -0.353 e. The number of halogens is 2. The van der Waals surface area contributed by atoms with E-state index in [0.29, 0.717) is 32.2 Å². The summed E-state index contributed by atoms with van der Waals surface area (Å²) in [5.41, 5.74) is 0.106. The van der Waals surface area contributed by atoms with Crippen molar-refractivity contribution in [2.45, 2.75) is 19.4 Å². The van der Waals surface area contributed by atoms with Crippen molar-refractivity contribution in [3.8, 4) is 0 Å². The van der Waals surface area contributed by atoms with Crippen LogP contribution in [0.5, 0.6) is 0 Å². The van der Waals surface area contributed by atoms with Crippen LogP contribution in [0.4, 0.5) is 19.3 Å². The number of benzene rings is 1. The van der Waals surface area contributed by atoms with Crippen molar-refractivity contribution >= 4 is 23.9 Å². The number of nitrogens with one attached hydrogen (secondary N) is 1. The molecule has 9 heteroatoms. The number of aliphatic imine (C=N–C) groups is 2. The van der Waals surface area contributed by atoms with Gasteiger partial charge in [0.15, 0.2) is 0 Å². The largest absolute Gasteiger partial charge is 0.353 e. The molecule has 1 aromatic rings. The van der Waals surface area contributed by atoms with E-state index in [2.05, 4.69) is 27.0 Å². The normalized spacial score (nSPS) is 21.4. The lowest BCUT2D eigenvalue weighted by Gasteiger charge is -2.36. The highest BCUT2D eigenvalue weighted by atomic mass is 19.1. The van der Waals surface area contributed by atoms with Crippen LogP contribution < -0.4 is 5.32 Å². The number of anilines is 1. The van der Waals surface area contributed by atoms with Gasteiger partial charge in [0.2, 0.25) is 0 Å². The third-order valence-corrected chi connectivity index (χ3v) is 5.08. The van der Waals surface area contributed by atoms with Gasteiger partial charge >= 0.3 is 6.03 Å². The summed E-state index contributed by atoms with van der Waals surface area (Å²) in [6.45, 7) is 5.22. The van der Waals surface area contributed by atoms with E-state index >= 15 is 0 Å². The number of hydrogen-bond donors (Lipinski definition) is 1. The minimum absolute atomic E-state index is 0.106. The summed E-state index contributed by atoms with van der Waals surface area (Å²) < 4.78 is 26.5. The molecule has 1 saturated heterocycles. The Morgan fingerprint density at radius 3 is 2.57 bits per heavy atom. The first kappa shape index (κ1) is 18.4. The lowest BCUT2D eigenvalue weighted by molar-refractivity contribution is 0.167. The topological polar surface area (TPSA) is 63.5 Å². The second-order valence-electron chi connectivity index (χ2n) is 7.01. The van der Waals surface area contributed by atoms with Gasteiger partial charge in [-0.15, -0.1) is 0 Å². The van der Waals surface area contributed by atoms with E-state index in [-0.39, 0.29) is 11.7 Å². The maximum Gasteiger partial charge on any atom is 0.321 e. The molecule has 0 unspecified atom stereocenters. The highest BCUT2D eigenvalue weighted by molar-refractivity contribution is 6.03. The third-order valence-electron chi connectivity index (χ3n) is 5.08. The van der Waals surface area contributed by atoms with E-state index in [9.17, 15) is 13.6 Å². The first-order chi connectivity index (χ1) is 13.5. The van der Waals surface area contributed by atoms with Crippen LogP contribution in [-0.2, 0) is 0 Å². The summed E-state index contributed by atoms with van der Waals surface area (Å²) in [4.78, 5) is 27.4. The SMILES string of the molecule is CC[C@@H]1CN2C=NC(N3CCN(C(=O)Nc4cc(F)cc(F)c4)CC3)=CC2=N1. The van der Waals surface area contributed by atoms with Crippen LogP contribution in [0.1, 0.15) is 13.3 Å². The molecule has 3 heterocycles. The smallest absolute Gasteiger partial charge is 0.321 e. The molecule has 0 radical (unpaired) electrons. The van der Waals surface area contributed by atoms with Gasteiger partial charge in [0.1, 0.15) is 23.3 Å². The van der Waals surface area contributed by atoms with E-state index in [0.717, 1.165) is 42.8 Å². The van der Waals surface area contributed by atoms with Gasteiger partial charge < -0.3 is 20.0 Å². The molecule has 0 saturated carbocycles. The number of amidine groups is 1. The molecule has 0 spiro atoms. The van der Waals surface area contributed by atoms with Crippen LogP contribution >= 0.6 is 0 Å². The second-order valence-corrected chi connectivity index (χ2v) is 7.01. The Kier molecular flexibility index (Phi) is 4.97. The molecular formula is C19H22F2N6O. The Morgan fingerprint density at radius 2 is 1.89 bits per heavy atom. The molecule has 28 heavy (non-hydrogen) atoms. The van der Waals surface area contributed by atoms with Gasteiger partial charge in [0, 0.05) is 50.6 Å². The van der Waals surface area contributed by atoms with E-state index in [4.69, 9.17) is 4.99 Å². The molecule has 1 N–H and O–H groups in total. The van der Waals surface area contributed by atoms with Gasteiger partial charge in [0.05, 0.1) is 12.4 Å². The van der Waals surface area contributed by atoms with Crippen molar-refractivity contribution in [1.82, 2.24) is 14.7 Å². The average Bonchev–Trinajstić information content (AvgIpc) is 3.09. The summed E-state index contributed by atoms with van der Waals surface area (Å²) in [6, 6.07) is 2.89. The third kappa shape index (κ3) is 3.83. The number of piperazine rings is 1. The Bertz CT molecular complexity index is 840. The number of urea groups is 1. The molecule has 0 aromatic heterocycles. The molecule has 0 bridgehead atoms. The van der Waals surface area contributed by atoms with Gasteiger partial charge in [-0.2, -0.15) is 0 Å². The monoisotopic (exact) mass is 388 g/mol. The lowest BCUT2D eigenvalue weighted by atomic mass is 10.2. The molecular weight excluding hydrogens is 366 g/mol. The fourth-order valence-electron chi connectivity index (χ4n) is 3.49. The maximum absolute atomic E-state index is 13.3. The van der Waals surface area contributed by atoms with Crippen LogP contribution in [0.15, 0.2) is 40.1 Å². The summed E-state index contributed by atoms with van der Waals surface area (Å²) in [7, 11) is 0. The van der Waals surface area contributed by atoms with Gasteiger partial charge in [-0.1, -0.05) is 6.92 Å². The molecule has 0 aliphatic carbocycles. The van der Waals surface area contributed by atoms with Gasteiger partial charge in [-0.25, -0.2) is 18.6 Å². The predicted molar refractivity (Wildman–Crippen MR) is 103 cm³/mol. The van der Waals surface area contributed by atoms with E-state index < -0.39 is 11.6 Å². The number of carbonyl (C=O) groups is 1. The molecule has 3 aliphatic heterocycles. The second kappa shape index (κ2) is 7.57. The van der Waals surface area contributed by atoms with Crippen molar-refractivity contribution in [2.24, 2.45) is 9.98 Å². The Labute approximate surface area is 162 Å². The first-order valence-electron chi connectivity index (χ1n) is 9.39. The van der Waals surface area contributed by atoms with E-state index in [1.807, 2.05) is 12.4 Å². The maximum atomic E-state index is 13.3. The summed E-state index contributed by atoms with van der Waals surface area (Å²) in [6.07, 6.45) is 4.81. The van der Waals surface area contributed by atoms with E-state index in [1.165, 1.54) is 0 Å². The zero-order chi connectivity index (χ0) is 19.7. The Hall–Kier alpha value is -2.97. The van der Waals surface area contributed by atoms with Crippen LogP contribution in [0.25, 0.3) is 0 Å².